The van der Waals surface area contributed by atoms with Crippen molar-refractivity contribution in [3.63, 3.8) is 0 Å². The maximum Gasteiger partial charge on any atom is 0.251 e. The first-order valence-corrected chi connectivity index (χ1v) is 13.0. The van der Waals surface area contributed by atoms with E-state index in [0.29, 0.717) is 29.2 Å². The largest absolute Gasteiger partial charge is 0.497 e. The van der Waals surface area contributed by atoms with E-state index >= 15 is 0 Å². The van der Waals surface area contributed by atoms with Gasteiger partial charge in [-0.2, -0.15) is 0 Å². The molecular weight excluding hydrogens is 486 g/mol. The SMILES string of the molecule is COc1cc2c(OC)c(c1)NC(=O)/C(C)=C/C=C\[C@H](OC)[C@@H](O)/C(C)=C/[C@H](C)[C@@H](OC)[C@@H](OC)C[C@H](C)C2. The highest BCUT2D eigenvalue weighted by Crippen LogP contribution is 2.36. The van der Waals surface area contributed by atoms with E-state index in [0.717, 1.165) is 17.6 Å². The van der Waals surface area contributed by atoms with E-state index in [-0.39, 0.29) is 30.0 Å². The maximum atomic E-state index is 13.0. The third-order valence-electron chi connectivity index (χ3n) is 7.07. The summed E-state index contributed by atoms with van der Waals surface area (Å²) in [4.78, 5) is 13.0. The molecule has 2 bridgehead atoms. The Labute approximate surface area is 227 Å². The fourth-order valence-corrected chi connectivity index (χ4v) is 4.97. The topological polar surface area (TPSA) is 95.5 Å². The summed E-state index contributed by atoms with van der Waals surface area (Å²) in [6, 6.07) is 3.69. The number of methoxy groups -OCH3 is 5. The number of anilines is 1. The quantitative estimate of drug-likeness (QED) is 0.531. The number of fused-ring (bicyclic) bond motifs is 2. The fourth-order valence-electron chi connectivity index (χ4n) is 4.97. The van der Waals surface area contributed by atoms with E-state index in [1.807, 2.05) is 19.1 Å². The lowest BCUT2D eigenvalue weighted by atomic mass is 9.88. The van der Waals surface area contributed by atoms with Crippen LogP contribution in [0.2, 0.25) is 0 Å². The van der Waals surface area contributed by atoms with E-state index in [1.165, 1.54) is 0 Å². The van der Waals surface area contributed by atoms with Gasteiger partial charge in [0.05, 0.1) is 32.1 Å². The van der Waals surface area contributed by atoms with Crippen LogP contribution in [0.25, 0.3) is 0 Å². The van der Waals surface area contributed by atoms with Gasteiger partial charge in [-0.05, 0) is 44.2 Å². The number of benzene rings is 1. The number of carbonyl (C=O) groups excluding carboxylic acids is 1. The van der Waals surface area contributed by atoms with Gasteiger partial charge in [0.1, 0.15) is 23.7 Å². The first-order chi connectivity index (χ1) is 18.1. The summed E-state index contributed by atoms with van der Waals surface area (Å²) in [6.07, 6.45) is 6.67. The Bertz CT molecular complexity index is 1020. The summed E-state index contributed by atoms with van der Waals surface area (Å²) in [5, 5.41) is 13.9. The lowest BCUT2D eigenvalue weighted by Crippen LogP contribution is -2.37. The summed E-state index contributed by atoms with van der Waals surface area (Å²) < 4.78 is 28.6. The van der Waals surface area contributed by atoms with Crippen LogP contribution in [0.3, 0.4) is 0 Å². The molecule has 2 N–H and O–H groups in total. The van der Waals surface area contributed by atoms with Crippen molar-refractivity contribution in [3.8, 4) is 11.5 Å². The molecule has 8 nitrogen and oxygen atoms in total. The molecule has 0 radical (unpaired) electrons. The van der Waals surface area contributed by atoms with Gasteiger partial charge in [0.25, 0.3) is 5.91 Å². The number of carbonyl (C=O) groups is 1. The molecule has 38 heavy (non-hydrogen) atoms. The molecule has 2 rings (SSSR count). The minimum atomic E-state index is -0.862. The van der Waals surface area contributed by atoms with Crippen LogP contribution < -0.4 is 14.8 Å². The van der Waals surface area contributed by atoms with E-state index in [4.69, 9.17) is 23.7 Å². The zero-order valence-electron chi connectivity index (χ0n) is 24.2. The zero-order chi connectivity index (χ0) is 28.4. The van der Waals surface area contributed by atoms with Crippen molar-refractivity contribution in [1.82, 2.24) is 0 Å². The van der Waals surface area contributed by atoms with E-state index < -0.39 is 12.2 Å². The van der Waals surface area contributed by atoms with Gasteiger partial charge in [0.15, 0.2) is 0 Å². The number of allylic oxidation sites excluding steroid dienone is 2. The minimum Gasteiger partial charge on any atom is -0.497 e. The molecular formula is C30H45NO7. The van der Waals surface area contributed by atoms with Gasteiger partial charge in [-0.3, -0.25) is 4.79 Å². The number of hydrogen-bond acceptors (Lipinski definition) is 7. The van der Waals surface area contributed by atoms with Gasteiger partial charge in [-0.15, -0.1) is 0 Å². The molecule has 0 saturated heterocycles. The average Bonchev–Trinajstić information content (AvgIpc) is 2.89. The molecule has 1 aromatic rings. The van der Waals surface area contributed by atoms with Crippen LogP contribution in [0, 0.1) is 11.8 Å². The Hall–Kier alpha value is -2.65. The molecule has 0 spiro atoms. The molecule has 0 saturated carbocycles. The smallest absolute Gasteiger partial charge is 0.251 e. The first kappa shape index (κ1) is 31.6. The Morgan fingerprint density at radius 3 is 2.26 bits per heavy atom. The standard InChI is InChI=1S/C30H45NO7/c1-18-13-22-16-23(34-5)17-24(29(22)38-9)31-30(33)19(2)11-10-12-25(35-6)27(32)20(3)15-21(4)28(37-8)26(14-18)36-7/h10-12,15-18,21,25-28,32H,13-14H2,1-9H3,(H,31,33)/b12-10-,19-11+,20-15+/t18-,21+,25+,26+,27+,28-/m1/s1. The number of amides is 1. The van der Waals surface area contributed by atoms with E-state index in [9.17, 15) is 9.90 Å². The average molecular weight is 532 g/mol. The van der Waals surface area contributed by atoms with Crippen molar-refractivity contribution in [2.45, 2.75) is 65.0 Å². The van der Waals surface area contributed by atoms with Crippen LogP contribution in [-0.4, -0.2) is 71.0 Å². The number of hydrogen-bond donors (Lipinski definition) is 2. The molecule has 1 aliphatic rings. The minimum absolute atomic E-state index is 0.0303. The van der Waals surface area contributed by atoms with Crippen LogP contribution in [0.5, 0.6) is 11.5 Å². The summed E-state index contributed by atoms with van der Waals surface area (Å²) in [7, 11) is 8.11. The number of nitrogens with one attached hydrogen (secondary N) is 1. The molecule has 0 aromatic heterocycles. The van der Waals surface area contributed by atoms with Gasteiger partial charge in [-0.25, -0.2) is 0 Å². The van der Waals surface area contributed by atoms with Crippen LogP contribution in [-0.2, 0) is 25.4 Å². The maximum absolute atomic E-state index is 13.0. The van der Waals surface area contributed by atoms with Crippen LogP contribution in [0.4, 0.5) is 5.69 Å². The molecule has 1 heterocycles. The second kappa shape index (κ2) is 15.1. The monoisotopic (exact) mass is 531 g/mol. The summed E-state index contributed by atoms with van der Waals surface area (Å²) in [5.74, 6) is 1.10. The molecule has 1 aromatic carbocycles. The first-order valence-electron chi connectivity index (χ1n) is 13.0. The second-order valence-corrected chi connectivity index (χ2v) is 9.99. The number of aliphatic hydroxyl groups is 1. The number of aliphatic hydroxyl groups excluding tert-OH is 1. The van der Waals surface area contributed by atoms with Crippen molar-refractivity contribution in [3.05, 3.63) is 53.1 Å². The van der Waals surface area contributed by atoms with Gasteiger partial charge >= 0.3 is 0 Å². The molecule has 1 amide bonds. The second-order valence-electron chi connectivity index (χ2n) is 9.99. The predicted molar refractivity (Wildman–Crippen MR) is 150 cm³/mol. The zero-order valence-corrected chi connectivity index (χ0v) is 24.2. The Kier molecular flexibility index (Phi) is 12.5. The van der Waals surface area contributed by atoms with Crippen molar-refractivity contribution < 1.29 is 33.6 Å². The van der Waals surface area contributed by atoms with Crippen molar-refractivity contribution in [2.24, 2.45) is 11.8 Å². The van der Waals surface area contributed by atoms with Crippen LogP contribution in [0.15, 0.2) is 47.6 Å². The highest BCUT2D eigenvalue weighted by Gasteiger charge is 2.29. The Morgan fingerprint density at radius 1 is 0.974 bits per heavy atom. The molecule has 0 aliphatic carbocycles. The highest BCUT2D eigenvalue weighted by molar-refractivity contribution is 6.04. The molecule has 6 atom stereocenters. The summed E-state index contributed by atoms with van der Waals surface area (Å²) >= 11 is 0. The molecule has 0 fully saturated rings. The van der Waals surface area contributed by atoms with Gasteiger partial charge < -0.3 is 34.1 Å². The lowest BCUT2D eigenvalue weighted by Gasteiger charge is -2.31. The van der Waals surface area contributed by atoms with Crippen molar-refractivity contribution >= 4 is 11.6 Å². The Balaban J connectivity index is 2.61. The molecule has 8 heteroatoms. The van der Waals surface area contributed by atoms with Crippen molar-refractivity contribution in [1.29, 1.82) is 0 Å². The third-order valence-corrected chi connectivity index (χ3v) is 7.07. The Morgan fingerprint density at radius 2 is 1.68 bits per heavy atom. The van der Waals surface area contributed by atoms with Crippen LogP contribution in [0.1, 0.15) is 39.7 Å². The van der Waals surface area contributed by atoms with Gasteiger partial charge in [0, 0.05) is 44.5 Å². The highest BCUT2D eigenvalue weighted by atomic mass is 16.5. The lowest BCUT2D eigenvalue weighted by molar-refractivity contribution is -0.112. The van der Waals surface area contributed by atoms with E-state index in [2.05, 4.69) is 19.2 Å². The molecule has 0 unspecified atom stereocenters. The van der Waals surface area contributed by atoms with Crippen LogP contribution >= 0.6 is 0 Å². The van der Waals surface area contributed by atoms with Gasteiger partial charge in [0.2, 0.25) is 0 Å². The summed E-state index contributed by atoms with van der Waals surface area (Å²) in [6.45, 7) is 7.80. The molecule has 212 valence electrons. The number of rotatable bonds is 5. The normalized spacial score (nSPS) is 31.4. The van der Waals surface area contributed by atoms with E-state index in [1.54, 1.807) is 66.8 Å². The van der Waals surface area contributed by atoms with Gasteiger partial charge in [-0.1, -0.05) is 38.2 Å². The predicted octanol–water partition coefficient (Wildman–Crippen LogP) is 4.72. The fraction of sp³-hybridized carbons (Fsp3) is 0.567. The number of ether oxygens (including phenoxy) is 5. The third kappa shape index (κ3) is 8.17. The molecule has 1 aliphatic heterocycles. The summed E-state index contributed by atoms with van der Waals surface area (Å²) in [5.41, 5.74) is 2.70. The van der Waals surface area contributed by atoms with Crippen molar-refractivity contribution in [2.75, 3.05) is 40.9 Å².